The lowest BCUT2D eigenvalue weighted by Crippen LogP contribution is -2.15. The number of aryl methyl sites for hydroxylation is 2. The summed E-state index contributed by atoms with van der Waals surface area (Å²) >= 11 is 0. The number of nitrogens with zero attached hydrogens (tertiary/aromatic N) is 3. The number of fused-ring (bicyclic) bond motifs is 3. The fourth-order valence-corrected chi connectivity index (χ4v) is 3.97. The number of nitrogens with one attached hydrogen (secondary N) is 2. The number of carbonyl (C=O) groups is 1. The highest BCUT2D eigenvalue weighted by molar-refractivity contribution is 6.12. The van der Waals surface area contributed by atoms with Gasteiger partial charge in [0, 0.05) is 23.3 Å². The van der Waals surface area contributed by atoms with Gasteiger partial charge in [-0.25, -0.2) is 9.50 Å². The van der Waals surface area contributed by atoms with Gasteiger partial charge in [0.05, 0.1) is 7.11 Å². The van der Waals surface area contributed by atoms with Crippen LogP contribution in [-0.4, -0.2) is 27.6 Å². The average molecular weight is 413 g/mol. The van der Waals surface area contributed by atoms with Crippen molar-refractivity contribution in [2.24, 2.45) is 0 Å². The highest BCUT2D eigenvalue weighted by Crippen LogP contribution is 2.28. The maximum Gasteiger partial charge on any atom is 0.263 e. The number of rotatable bonds is 5. The topological polar surface area (TPSA) is 80.5 Å². The van der Waals surface area contributed by atoms with Crippen molar-refractivity contribution < 1.29 is 9.53 Å². The number of aromatic nitrogens is 3. The van der Waals surface area contributed by atoms with Crippen molar-refractivity contribution in [1.82, 2.24) is 14.6 Å². The number of methoxy groups -OCH3 is 1. The highest BCUT2D eigenvalue weighted by atomic mass is 16.5. The van der Waals surface area contributed by atoms with Gasteiger partial charge in [0.2, 0.25) is 0 Å². The molecule has 0 atom stereocenters. The van der Waals surface area contributed by atoms with Crippen molar-refractivity contribution >= 4 is 28.7 Å². The largest absolute Gasteiger partial charge is 0.497 e. The molecule has 0 saturated carbocycles. The molecule has 1 aliphatic rings. The second-order valence-corrected chi connectivity index (χ2v) is 7.57. The summed E-state index contributed by atoms with van der Waals surface area (Å²) in [7, 11) is 1.61. The Balaban J connectivity index is 1.58. The van der Waals surface area contributed by atoms with Crippen LogP contribution in [0.4, 0.5) is 17.2 Å². The van der Waals surface area contributed by atoms with Crippen LogP contribution in [0, 0.1) is 0 Å². The third-order valence-corrected chi connectivity index (χ3v) is 5.55. The number of carbonyl (C=O) groups excluding carboxylic acids is 1. The van der Waals surface area contributed by atoms with Crippen molar-refractivity contribution in [3.05, 3.63) is 77.6 Å². The molecule has 2 heterocycles. The van der Waals surface area contributed by atoms with Crippen molar-refractivity contribution in [2.45, 2.75) is 25.7 Å². The molecule has 1 amide bonds. The number of hydrogen-bond acceptors (Lipinski definition) is 5. The van der Waals surface area contributed by atoms with E-state index in [0.717, 1.165) is 42.8 Å². The van der Waals surface area contributed by atoms with Gasteiger partial charge in [-0.1, -0.05) is 18.2 Å². The first-order valence-corrected chi connectivity index (χ1v) is 10.4. The smallest absolute Gasteiger partial charge is 0.263 e. The molecule has 0 fully saturated rings. The van der Waals surface area contributed by atoms with Crippen LogP contribution in [0.5, 0.6) is 5.75 Å². The lowest BCUT2D eigenvalue weighted by molar-refractivity contribution is 0.102. The Labute approximate surface area is 180 Å². The van der Waals surface area contributed by atoms with Gasteiger partial charge < -0.3 is 15.4 Å². The molecule has 0 aliphatic heterocycles. The number of para-hydroxylation sites is 1. The van der Waals surface area contributed by atoms with Crippen molar-refractivity contribution in [3.63, 3.8) is 0 Å². The van der Waals surface area contributed by atoms with E-state index in [1.807, 2.05) is 65.3 Å². The van der Waals surface area contributed by atoms with Gasteiger partial charge in [0.15, 0.2) is 11.5 Å². The monoisotopic (exact) mass is 413 g/mol. The van der Waals surface area contributed by atoms with Gasteiger partial charge in [-0.05, 0) is 67.6 Å². The van der Waals surface area contributed by atoms with E-state index in [0.29, 0.717) is 22.7 Å². The predicted molar refractivity (Wildman–Crippen MR) is 120 cm³/mol. The molecule has 0 saturated heterocycles. The van der Waals surface area contributed by atoms with E-state index >= 15 is 0 Å². The van der Waals surface area contributed by atoms with Gasteiger partial charge in [-0.15, -0.1) is 5.10 Å². The standard InChI is InChI=1S/C24H23N5O2/c1-31-19-13-11-18(12-14-19)27-24(30)21-22(26-17-8-3-2-4-9-17)28-29-20-10-6-5-7-16(20)15-25-23(21)29/h2-4,8-9,11-15H,5-7,10H2,1H3,(H,26,28)(H,27,30). The van der Waals surface area contributed by atoms with Gasteiger partial charge in [0.1, 0.15) is 11.3 Å². The van der Waals surface area contributed by atoms with E-state index in [-0.39, 0.29) is 5.91 Å². The van der Waals surface area contributed by atoms with Crippen molar-refractivity contribution in [1.29, 1.82) is 0 Å². The molecule has 0 spiro atoms. The van der Waals surface area contributed by atoms with Gasteiger partial charge in [-0.3, -0.25) is 4.79 Å². The Morgan fingerprint density at radius 1 is 1.00 bits per heavy atom. The quantitative estimate of drug-likeness (QED) is 0.499. The Kier molecular flexibility index (Phi) is 5.00. The normalized spacial score (nSPS) is 12.9. The minimum absolute atomic E-state index is 0.262. The zero-order valence-electron chi connectivity index (χ0n) is 17.3. The minimum atomic E-state index is -0.262. The molecule has 156 valence electrons. The summed E-state index contributed by atoms with van der Waals surface area (Å²) in [6.07, 6.45) is 6.08. The summed E-state index contributed by atoms with van der Waals surface area (Å²) < 4.78 is 7.03. The van der Waals surface area contributed by atoms with Gasteiger partial charge in [-0.2, -0.15) is 0 Å². The number of ether oxygens (including phenoxy) is 1. The van der Waals surface area contributed by atoms with Crippen LogP contribution in [0.1, 0.15) is 34.5 Å². The summed E-state index contributed by atoms with van der Waals surface area (Å²) in [5.74, 6) is 0.958. The number of anilines is 3. The van der Waals surface area contributed by atoms with Crippen LogP contribution >= 0.6 is 0 Å². The lowest BCUT2D eigenvalue weighted by atomic mass is 9.97. The fourth-order valence-electron chi connectivity index (χ4n) is 3.97. The molecule has 2 aromatic heterocycles. The van der Waals surface area contributed by atoms with Crippen LogP contribution in [0.25, 0.3) is 5.65 Å². The van der Waals surface area contributed by atoms with Crippen LogP contribution in [0.15, 0.2) is 60.8 Å². The zero-order valence-corrected chi connectivity index (χ0v) is 17.3. The third kappa shape index (κ3) is 3.70. The predicted octanol–water partition coefficient (Wildman–Crippen LogP) is 4.61. The van der Waals surface area contributed by atoms with Crippen LogP contribution in [-0.2, 0) is 12.8 Å². The summed E-state index contributed by atoms with van der Waals surface area (Å²) in [6.45, 7) is 0. The Morgan fingerprint density at radius 3 is 2.55 bits per heavy atom. The zero-order chi connectivity index (χ0) is 21.2. The molecule has 4 aromatic rings. The molecule has 1 aliphatic carbocycles. The first kappa shape index (κ1) is 19.1. The number of hydrogen-bond donors (Lipinski definition) is 2. The van der Waals surface area contributed by atoms with E-state index in [9.17, 15) is 4.79 Å². The molecule has 7 heteroatoms. The maximum atomic E-state index is 13.3. The molecular weight excluding hydrogens is 390 g/mol. The fraction of sp³-hybridized carbons (Fsp3) is 0.208. The van der Waals surface area contributed by atoms with E-state index in [2.05, 4.69) is 15.6 Å². The third-order valence-electron chi connectivity index (χ3n) is 5.55. The van der Waals surface area contributed by atoms with Crippen LogP contribution in [0.3, 0.4) is 0 Å². The van der Waals surface area contributed by atoms with Gasteiger partial charge >= 0.3 is 0 Å². The summed E-state index contributed by atoms with van der Waals surface area (Å²) in [6, 6.07) is 16.9. The highest BCUT2D eigenvalue weighted by Gasteiger charge is 2.25. The second-order valence-electron chi connectivity index (χ2n) is 7.57. The van der Waals surface area contributed by atoms with E-state index in [1.165, 1.54) is 5.56 Å². The van der Waals surface area contributed by atoms with Crippen molar-refractivity contribution in [3.8, 4) is 5.75 Å². The van der Waals surface area contributed by atoms with Crippen molar-refractivity contribution in [2.75, 3.05) is 17.7 Å². The molecule has 0 bridgehead atoms. The van der Waals surface area contributed by atoms with Crippen LogP contribution in [0.2, 0.25) is 0 Å². The summed E-state index contributed by atoms with van der Waals surface area (Å²) in [4.78, 5) is 18.0. The first-order chi connectivity index (χ1) is 15.2. The minimum Gasteiger partial charge on any atom is -0.497 e. The summed E-state index contributed by atoms with van der Waals surface area (Å²) in [5.41, 5.74) is 4.86. The Hall–Kier alpha value is -3.87. The molecule has 5 rings (SSSR count). The van der Waals surface area contributed by atoms with Crippen LogP contribution < -0.4 is 15.4 Å². The molecule has 7 nitrogen and oxygen atoms in total. The maximum absolute atomic E-state index is 13.3. The molecule has 0 radical (unpaired) electrons. The van der Waals surface area contributed by atoms with E-state index < -0.39 is 0 Å². The summed E-state index contributed by atoms with van der Waals surface area (Å²) in [5, 5.41) is 11.0. The Bertz CT molecular complexity index is 1230. The molecule has 2 N–H and O–H groups in total. The first-order valence-electron chi connectivity index (χ1n) is 10.4. The molecule has 31 heavy (non-hydrogen) atoms. The molecular formula is C24H23N5O2. The van der Waals surface area contributed by atoms with E-state index in [4.69, 9.17) is 9.84 Å². The lowest BCUT2D eigenvalue weighted by Gasteiger charge is -2.15. The Morgan fingerprint density at radius 2 is 1.77 bits per heavy atom. The average Bonchev–Trinajstić information content (AvgIpc) is 3.18. The van der Waals surface area contributed by atoms with E-state index in [1.54, 1.807) is 7.11 Å². The molecule has 0 unspecified atom stereocenters. The number of benzene rings is 2. The number of amides is 1. The SMILES string of the molecule is COc1ccc(NC(=O)c2c(Nc3ccccc3)nn3c4c(cnc23)CCCC4)cc1. The van der Waals surface area contributed by atoms with Gasteiger partial charge in [0.25, 0.3) is 5.91 Å². The molecule has 2 aromatic carbocycles. The second kappa shape index (κ2) is 8.10.